The number of carbonyl (C=O) groups is 1. The minimum absolute atomic E-state index is 0.299. The van der Waals surface area contributed by atoms with E-state index < -0.39 is 5.91 Å². The highest BCUT2D eigenvalue weighted by Crippen LogP contribution is 2.30. The molecule has 0 saturated carbocycles. The number of ether oxygens (including phenoxy) is 1. The van der Waals surface area contributed by atoms with Crippen LogP contribution in [0.1, 0.15) is 22.3 Å². The van der Waals surface area contributed by atoms with Crippen LogP contribution in [-0.4, -0.2) is 45.2 Å². The number of nitrogens with zero attached hydrogens (tertiary/aromatic N) is 2. The zero-order chi connectivity index (χ0) is 19.9. The van der Waals surface area contributed by atoms with Crippen molar-refractivity contribution >= 4 is 17.6 Å². The highest BCUT2D eigenvalue weighted by molar-refractivity contribution is 5.92. The molecule has 1 aliphatic rings. The van der Waals surface area contributed by atoms with Crippen molar-refractivity contribution in [2.24, 2.45) is 10.7 Å². The van der Waals surface area contributed by atoms with Gasteiger partial charge in [-0.15, -0.1) is 0 Å². The Morgan fingerprint density at radius 2 is 2.00 bits per heavy atom. The Balaban J connectivity index is 1.53. The molecule has 0 radical (unpaired) electrons. The maximum absolute atomic E-state index is 11.2. The number of anilines is 1. The molecule has 28 heavy (non-hydrogen) atoms. The summed E-state index contributed by atoms with van der Waals surface area (Å²) in [5, 5.41) is 6.80. The molecule has 1 fully saturated rings. The number of para-hydroxylation sites is 2. The number of hydrogen-bond donors (Lipinski definition) is 3. The zero-order valence-electron chi connectivity index (χ0n) is 16.3. The van der Waals surface area contributed by atoms with E-state index in [0.29, 0.717) is 18.2 Å². The highest BCUT2D eigenvalue weighted by atomic mass is 16.5. The average molecular weight is 381 g/mol. The first-order valence-corrected chi connectivity index (χ1v) is 9.34. The number of nitrogens with one attached hydrogen (secondary N) is 2. The SMILES string of the molecule is CN=C(NCc1ccc(C(N)=O)cc1)NC1CCN(c2ccccc2OC)C1. The summed E-state index contributed by atoms with van der Waals surface area (Å²) in [5.41, 5.74) is 7.95. The Labute approximate surface area is 165 Å². The smallest absolute Gasteiger partial charge is 0.248 e. The van der Waals surface area contributed by atoms with Crippen LogP contribution >= 0.6 is 0 Å². The first-order chi connectivity index (χ1) is 13.6. The Bertz CT molecular complexity index is 835. The maximum Gasteiger partial charge on any atom is 0.248 e. The Kier molecular flexibility index (Phi) is 6.37. The number of primary amides is 1. The molecule has 2 aromatic carbocycles. The van der Waals surface area contributed by atoms with Gasteiger partial charge in [-0.05, 0) is 36.2 Å². The van der Waals surface area contributed by atoms with Crippen LogP contribution in [0.15, 0.2) is 53.5 Å². The van der Waals surface area contributed by atoms with Gasteiger partial charge < -0.3 is 26.0 Å². The number of methoxy groups -OCH3 is 1. The summed E-state index contributed by atoms with van der Waals surface area (Å²) in [6.07, 6.45) is 1.02. The molecule has 4 N–H and O–H groups in total. The predicted octanol–water partition coefficient (Wildman–Crippen LogP) is 1.74. The van der Waals surface area contributed by atoms with Gasteiger partial charge in [0.2, 0.25) is 5.91 Å². The van der Waals surface area contributed by atoms with Gasteiger partial charge in [0.05, 0.1) is 12.8 Å². The summed E-state index contributed by atoms with van der Waals surface area (Å²) in [4.78, 5) is 17.8. The van der Waals surface area contributed by atoms with Crippen LogP contribution in [0.2, 0.25) is 0 Å². The standard InChI is InChI=1S/C21H27N5O2/c1-23-21(24-13-15-7-9-16(10-8-15)20(22)27)25-17-11-12-26(14-17)18-5-3-4-6-19(18)28-2/h3-10,17H,11-14H2,1-2H3,(H2,22,27)(H2,23,24,25). The summed E-state index contributed by atoms with van der Waals surface area (Å²) in [6, 6.07) is 15.6. The zero-order valence-corrected chi connectivity index (χ0v) is 16.3. The van der Waals surface area contributed by atoms with Crippen LogP contribution in [0.3, 0.4) is 0 Å². The molecular formula is C21H27N5O2. The lowest BCUT2D eigenvalue weighted by Crippen LogP contribution is -2.44. The van der Waals surface area contributed by atoms with Crippen molar-refractivity contribution in [1.29, 1.82) is 0 Å². The molecule has 148 valence electrons. The number of hydrogen-bond acceptors (Lipinski definition) is 4. The van der Waals surface area contributed by atoms with Gasteiger partial charge in [0, 0.05) is 38.3 Å². The normalized spacial score (nSPS) is 16.7. The minimum atomic E-state index is -0.419. The predicted molar refractivity (Wildman–Crippen MR) is 112 cm³/mol. The van der Waals surface area contributed by atoms with Crippen LogP contribution < -0.4 is 26.0 Å². The first kappa shape index (κ1) is 19.5. The maximum atomic E-state index is 11.2. The highest BCUT2D eigenvalue weighted by Gasteiger charge is 2.25. The van der Waals surface area contributed by atoms with Crippen molar-refractivity contribution in [3.05, 3.63) is 59.7 Å². The topological polar surface area (TPSA) is 92.0 Å². The van der Waals surface area contributed by atoms with Crippen molar-refractivity contribution < 1.29 is 9.53 Å². The van der Waals surface area contributed by atoms with E-state index in [4.69, 9.17) is 10.5 Å². The van der Waals surface area contributed by atoms with Gasteiger partial charge in [-0.3, -0.25) is 9.79 Å². The number of rotatable bonds is 6. The van der Waals surface area contributed by atoms with Crippen molar-refractivity contribution in [3.8, 4) is 5.75 Å². The van der Waals surface area contributed by atoms with Crippen molar-refractivity contribution in [2.75, 3.05) is 32.1 Å². The van der Waals surface area contributed by atoms with Crippen LogP contribution in [-0.2, 0) is 6.54 Å². The van der Waals surface area contributed by atoms with E-state index in [-0.39, 0.29) is 0 Å². The van der Waals surface area contributed by atoms with Crippen molar-refractivity contribution in [1.82, 2.24) is 10.6 Å². The summed E-state index contributed by atoms with van der Waals surface area (Å²) in [6.45, 7) is 2.46. The number of guanidine groups is 1. The van der Waals surface area contributed by atoms with E-state index in [0.717, 1.165) is 42.5 Å². The Morgan fingerprint density at radius 3 is 2.68 bits per heavy atom. The lowest BCUT2D eigenvalue weighted by atomic mass is 10.1. The molecule has 1 atom stereocenters. The number of benzene rings is 2. The Hall–Kier alpha value is -3.22. The van der Waals surface area contributed by atoms with E-state index in [9.17, 15) is 4.79 Å². The summed E-state index contributed by atoms with van der Waals surface area (Å²) in [5.74, 6) is 1.23. The summed E-state index contributed by atoms with van der Waals surface area (Å²) < 4.78 is 5.48. The second-order valence-electron chi connectivity index (χ2n) is 6.73. The molecule has 1 heterocycles. The van der Waals surface area contributed by atoms with Crippen LogP contribution in [0.4, 0.5) is 5.69 Å². The largest absolute Gasteiger partial charge is 0.495 e. The summed E-state index contributed by atoms with van der Waals surface area (Å²) in [7, 11) is 3.46. The molecule has 2 aromatic rings. The van der Waals surface area contributed by atoms with Gasteiger partial charge in [-0.2, -0.15) is 0 Å². The molecule has 0 aromatic heterocycles. The molecule has 0 aliphatic carbocycles. The summed E-state index contributed by atoms with van der Waals surface area (Å²) >= 11 is 0. The molecule has 1 unspecified atom stereocenters. The Morgan fingerprint density at radius 1 is 1.25 bits per heavy atom. The van der Waals surface area contributed by atoms with Gasteiger partial charge in [-0.1, -0.05) is 24.3 Å². The van der Waals surface area contributed by atoms with Gasteiger partial charge in [0.1, 0.15) is 5.75 Å². The van der Waals surface area contributed by atoms with Crippen molar-refractivity contribution in [2.45, 2.75) is 19.0 Å². The quantitative estimate of drug-likeness (QED) is 0.524. The number of nitrogens with two attached hydrogens (primary N) is 1. The van der Waals surface area contributed by atoms with E-state index >= 15 is 0 Å². The van der Waals surface area contributed by atoms with E-state index in [2.05, 4.69) is 26.6 Å². The third-order valence-corrected chi connectivity index (χ3v) is 4.88. The van der Waals surface area contributed by atoms with Crippen molar-refractivity contribution in [3.63, 3.8) is 0 Å². The molecule has 1 saturated heterocycles. The average Bonchev–Trinajstić information content (AvgIpc) is 3.19. The van der Waals surface area contributed by atoms with Gasteiger partial charge >= 0.3 is 0 Å². The van der Waals surface area contributed by atoms with Gasteiger partial charge in [0.25, 0.3) is 0 Å². The third-order valence-electron chi connectivity index (χ3n) is 4.88. The van der Waals surface area contributed by atoms with Gasteiger partial charge in [-0.25, -0.2) is 0 Å². The lowest BCUT2D eigenvalue weighted by molar-refractivity contribution is 0.100. The second kappa shape index (κ2) is 9.12. The molecular weight excluding hydrogens is 354 g/mol. The van der Waals surface area contributed by atoms with E-state index in [1.165, 1.54) is 0 Å². The van der Waals surface area contributed by atoms with Crippen LogP contribution in [0, 0.1) is 0 Å². The fourth-order valence-electron chi connectivity index (χ4n) is 3.35. The minimum Gasteiger partial charge on any atom is -0.495 e. The number of amides is 1. The van der Waals surface area contributed by atoms with E-state index in [1.54, 1.807) is 26.3 Å². The fourth-order valence-corrected chi connectivity index (χ4v) is 3.35. The first-order valence-electron chi connectivity index (χ1n) is 9.34. The molecule has 0 spiro atoms. The molecule has 7 heteroatoms. The molecule has 3 rings (SSSR count). The second-order valence-corrected chi connectivity index (χ2v) is 6.73. The molecule has 0 bridgehead atoms. The van der Waals surface area contributed by atoms with Crippen LogP contribution in [0.5, 0.6) is 5.75 Å². The molecule has 1 amide bonds. The number of aliphatic imine (C=N–C) groups is 1. The van der Waals surface area contributed by atoms with E-state index in [1.807, 2.05) is 30.3 Å². The lowest BCUT2D eigenvalue weighted by Gasteiger charge is -2.22. The van der Waals surface area contributed by atoms with Crippen LogP contribution in [0.25, 0.3) is 0 Å². The molecule has 7 nitrogen and oxygen atoms in total. The fraction of sp³-hybridized carbons (Fsp3) is 0.333. The number of carbonyl (C=O) groups excluding carboxylic acids is 1. The molecule has 1 aliphatic heterocycles. The van der Waals surface area contributed by atoms with Gasteiger partial charge in [0.15, 0.2) is 5.96 Å². The monoisotopic (exact) mass is 381 g/mol. The third kappa shape index (κ3) is 4.73.